The number of rotatable bonds is 6. The van der Waals surface area contributed by atoms with Gasteiger partial charge in [0.05, 0.1) is 24.3 Å². The summed E-state index contributed by atoms with van der Waals surface area (Å²) in [5.41, 5.74) is -0.266. The first-order valence-corrected chi connectivity index (χ1v) is 5.69. The number of nitriles is 1. The molecule has 0 aliphatic rings. The van der Waals surface area contributed by atoms with Gasteiger partial charge in [0.15, 0.2) is 0 Å². The van der Waals surface area contributed by atoms with Gasteiger partial charge in [0.2, 0.25) is 5.95 Å². The summed E-state index contributed by atoms with van der Waals surface area (Å²) in [6, 6.07) is 5.09. The van der Waals surface area contributed by atoms with Crippen molar-refractivity contribution in [3.05, 3.63) is 24.3 Å². The van der Waals surface area contributed by atoms with E-state index in [0.717, 1.165) is 19.3 Å². The molecule has 0 N–H and O–H groups in total. The SMILES string of the molecule is CC(C)(C#N)CCCCOc1ccc(F)nc1. The van der Waals surface area contributed by atoms with Crippen LogP contribution in [-0.2, 0) is 0 Å². The van der Waals surface area contributed by atoms with Gasteiger partial charge in [0, 0.05) is 0 Å². The molecule has 1 rings (SSSR count). The average Bonchev–Trinajstić information content (AvgIpc) is 2.31. The van der Waals surface area contributed by atoms with E-state index in [4.69, 9.17) is 10.00 Å². The molecule has 0 spiro atoms. The van der Waals surface area contributed by atoms with Crippen LogP contribution in [0.25, 0.3) is 0 Å². The summed E-state index contributed by atoms with van der Waals surface area (Å²) < 4.78 is 17.9. The van der Waals surface area contributed by atoms with Crippen molar-refractivity contribution in [1.29, 1.82) is 5.26 Å². The van der Waals surface area contributed by atoms with Crippen LogP contribution in [0.4, 0.5) is 4.39 Å². The summed E-state index contributed by atoms with van der Waals surface area (Å²) in [4.78, 5) is 3.50. The standard InChI is InChI=1S/C13H17FN2O/c1-13(2,10-15)7-3-4-8-17-11-5-6-12(14)16-9-11/h5-6,9H,3-4,7-8H2,1-2H3. The Morgan fingerprint density at radius 1 is 1.41 bits per heavy atom. The van der Waals surface area contributed by atoms with Crippen molar-refractivity contribution in [3.8, 4) is 11.8 Å². The molecule has 0 aliphatic heterocycles. The fraction of sp³-hybridized carbons (Fsp3) is 0.538. The van der Waals surface area contributed by atoms with E-state index >= 15 is 0 Å². The molecule has 0 saturated heterocycles. The second-order valence-corrected chi connectivity index (χ2v) is 4.62. The molecule has 0 aliphatic carbocycles. The van der Waals surface area contributed by atoms with E-state index in [1.165, 1.54) is 12.3 Å². The highest BCUT2D eigenvalue weighted by atomic mass is 19.1. The highest BCUT2D eigenvalue weighted by molar-refractivity contribution is 5.15. The Morgan fingerprint density at radius 3 is 2.76 bits per heavy atom. The molecule has 1 aromatic rings. The molecular formula is C13H17FN2O. The zero-order valence-corrected chi connectivity index (χ0v) is 10.2. The van der Waals surface area contributed by atoms with Crippen LogP contribution in [-0.4, -0.2) is 11.6 Å². The molecule has 0 saturated carbocycles. The van der Waals surface area contributed by atoms with E-state index in [-0.39, 0.29) is 5.41 Å². The van der Waals surface area contributed by atoms with Crippen LogP contribution in [0.15, 0.2) is 18.3 Å². The first-order chi connectivity index (χ1) is 8.03. The Labute approximate surface area is 101 Å². The lowest BCUT2D eigenvalue weighted by Crippen LogP contribution is -2.08. The number of hydrogen-bond donors (Lipinski definition) is 0. The maximum Gasteiger partial charge on any atom is 0.213 e. The third-order valence-corrected chi connectivity index (χ3v) is 2.47. The van der Waals surface area contributed by atoms with Gasteiger partial charge >= 0.3 is 0 Å². The molecule has 0 unspecified atom stereocenters. The molecule has 0 atom stereocenters. The fourth-order valence-corrected chi connectivity index (χ4v) is 1.36. The van der Waals surface area contributed by atoms with Crippen LogP contribution in [0.2, 0.25) is 0 Å². The Bertz CT molecular complexity index is 381. The minimum Gasteiger partial charge on any atom is -0.492 e. The first kappa shape index (κ1) is 13.4. The topological polar surface area (TPSA) is 45.9 Å². The normalized spacial score (nSPS) is 10.9. The number of aromatic nitrogens is 1. The number of hydrogen-bond acceptors (Lipinski definition) is 3. The van der Waals surface area contributed by atoms with Gasteiger partial charge in [0.1, 0.15) is 5.75 Å². The molecule has 1 aromatic heterocycles. The van der Waals surface area contributed by atoms with Crippen LogP contribution in [0, 0.1) is 22.7 Å². The van der Waals surface area contributed by atoms with Gasteiger partial charge in [-0.05, 0) is 45.2 Å². The van der Waals surface area contributed by atoms with Gasteiger partial charge in [-0.2, -0.15) is 9.65 Å². The lowest BCUT2D eigenvalue weighted by Gasteiger charge is -2.14. The Balaban J connectivity index is 2.17. The Hall–Kier alpha value is -1.63. The van der Waals surface area contributed by atoms with E-state index in [1.807, 2.05) is 13.8 Å². The van der Waals surface area contributed by atoms with E-state index < -0.39 is 5.95 Å². The quantitative estimate of drug-likeness (QED) is 0.562. The lowest BCUT2D eigenvalue weighted by molar-refractivity contribution is 0.293. The van der Waals surface area contributed by atoms with Crippen molar-refractivity contribution in [3.63, 3.8) is 0 Å². The summed E-state index contributed by atoms with van der Waals surface area (Å²) in [7, 11) is 0. The van der Waals surface area contributed by atoms with E-state index in [0.29, 0.717) is 12.4 Å². The molecule has 92 valence electrons. The number of halogens is 1. The van der Waals surface area contributed by atoms with Gasteiger partial charge in [-0.15, -0.1) is 0 Å². The molecule has 0 amide bonds. The molecule has 0 aromatic carbocycles. The van der Waals surface area contributed by atoms with Gasteiger partial charge < -0.3 is 4.74 Å². The van der Waals surface area contributed by atoms with Crippen LogP contribution >= 0.6 is 0 Å². The highest BCUT2D eigenvalue weighted by Crippen LogP contribution is 2.21. The first-order valence-electron chi connectivity index (χ1n) is 5.69. The third kappa shape index (κ3) is 5.30. The lowest BCUT2D eigenvalue weighted by atomic mass is 9.89. The minimum atomic E-state index is -0.506. The zero-order chi connectivity index (χ0) is 12.7. The van der Waals surface area contributed by atoms with Gasteiger partial charge in [-0.3, -0.25) is 0 Å². The van der Waals surface area contributed by atoms with Crippen molar-refractivity contribution in [1.82, 2.24) is 4.98 Å². The summed E-state index contributed by atoms with van der Waals surface area (Å²) >= 11 is 0. The van der Waals surface area contributed by atoms with E-state index in [2.05, 4.69) is 11.1 Å². The smallest absolute Gasteiger partial charge is 0.213 e. The third-order valence-electron chi connectivity index (χ3n) is 2.47. The van der Waals surface area contributed by atoms with Crippen molar-refractivity contribution < 1.29 is 9.13 Å². The maximum absolute atomic E-state index is 12.5. The molecule has 4 heteroatoms. The molecular weight excluding hydrogens is 219 g/mol. The van der Waals surface area contributed by atoms with Crippen LogP contribution in [0.1, 0.15) is 33.1 Å². The summed E-state index contributed by atoms with van der Waals surface area (Å²) in [6.45, 7) is 4.42. The second kappa shape index (κ2) is 6.19. The predicted octanol–water partition coefficient (Wildman–Crippen LogP) is 3.32. The van der Waals surface area contributed by atoms with Crippen molar-refractivity contribution >= 4 is 0 Å². The maximum atomic E-state index is 12.5. The Kier molecular flexibility index (Phi) is 4.89. The Morgan fingerprint density at radius 2 is 2.18 bits per heavy atom. The molecule has 0 radical (unpaired) electrons. The molecule has 0 fully saturated rings. The van der Waals surface area contributed by atoms with Crippen molar-refractivity contribution in [2.24, 2.45) is 5.41 Å². The van der Waals surface area contributed by atoms with Crippen LogP contribution in [0.5, 0.6) is 5.75 Å². The van der Waals surface area contributed by atoms with Crippen molar-refractivity contribution in [2.75, 3.05) is 6.61 Å². The zero-order valence-electron chi connectivity index (χ0n) is 10.2. The number of pyridine rings is 1. The number of unbranched alkanes of at least 4 members (excludes halogenated alkanes) is 1. The molecule has 3 nitrogen and oxygen atoms in total. The van der Waals surface area contributed by atoms with Gasteiger partial charge in [-0.1, -0.05) is 0 Å². The van der Waals surface area contributed by atoms with E-state index in [1.54, 1.807) is 6.07 Å². The van der Waals surface area contributed by atoms with Crippen LogP contribution in [0.3, 0.4) is 0 Å². The molecule has 1 heterocycles. The van der Waals surface area contributed by atoms with Gasteiger partial charge in [0.25, 0.3) is 0 Å². The van der Waals surface area contributed by atoms with E-state index in [9.17, 15) is 4.39 Å². The second-order valence-electron chi connectivity index (χ2n) is 4.62. The predicted molar refractivity (Wildman–Crippen MR) is 62.9 cm³/mol. The fourth-order valence-electron chi connectivity index (χ4n) is 1.36. The average molecular weight is 236 g/mol. The largest absolute Gasteiger partial charge is 0.492 e. The van der Waals surface area contributed by atoms with Gasteiger partial charge in [-0.25, -0.2) is 4.98 Å². The molecule has 17 heavy (non-hydrogen) atoms. The number of nitrogens with zero attached hydrogens (tertiary/aromatic N) is 2. The summed E-state index contributed by atoms with van der Waals surface area (Å²) in [5.74, 6) is 0.0686. The minimum absolute atomic E-state index is 0.266. The monoisotopic (exact) mass is 236 g/mol. The summed E-state index contributed by atoms with van der Waals surface area (Å²) in [5, 5.41) is 8.83. The summed E-state index contributed by atoms with van der Waals surface area (Å²) in [6.07, 6.45) is 4.04. The van der Waals surface area contributed by atoms with Crippen LogP contribution < -0.4 is 4.74 Å². The van der Waals surface area contributed by atoms with Crippen molar-refractivity contribution in [2.45, 2.75) is 33.1 Å². The number of ether oxygens (including phenoxy) is 1. The molecule has 0 bridgehead atoms. The highest BCUT2D eigenvalue weighted by Gasteiger charge is 2.15.